The van der Waals surface area contributed by atoms with Gasteiger partial charge in [-0.3, -0.25) is 9.69 Å². The van der Waals surface area contributed by atoms with Gasteiger partial charge in [-0.2, -0.15) is 0 Å². The highest BCUT2D eigenvalue weighted by Crippen LogP contribution is 2.31. The molecule has 1 aliphatic heterocycles. The third-order valence-corrected chi connectivity index (χ3v) is 4.18. The Bertz CT molecular complexity index is 740. The second-order valence-electron chi connectivity index (χ2n) is 5.74. The molecule has 0 aliphatic carbocycles. The number of hydrogen-bond donors (Lipinski definition) is 1. The van der Waals surface area contributed by atoms with Crippen molar-refractivity contribution in [3.05, 3.63) is 48.3 Å². The van der Waals surface area contributed by atoms with Gasteiger partial charge < -0.3 is 14.6 Å². The van der Waals surface area contributed by atoms with Crippen molar-refractivity contribution >= 4 is 23.4 Å². The van der Waals surface area contributed by atoms with Gasteiger partial charge in [-0.15, -0.1) is 0 Å². The first kappa shape index (κ1) is 16.1. The Balaban J connectivity index is 1.71. The number of ether oxygens (including phenoxy) is 1. The summed E-state index contributed by atoms with van der Waals surface area (Å²) in [4.78, 5) is 25.9. The van der Waals surface area contributed by atoms with Gasteiger partial charge in [0.05, 0.1) is 12.3 Å². The summed E-state index contributed by atoms with van der Waals surface area (Å²) in [6.45, 7) is 4.60. The number of benzene rings is 1. The van der Waals surface area contributed by atoms with Crippen LogP contribution in [0, 0.1) is 0 Å². The number of aromatic nitrogens is 1. The van der Waals surface area contributed by atoms with Gasteiger partial charge in [0.25, 0.3) is 0 Å². The summed E-state index contributed by atoms with van der Waals surface area (Å²) >= 11 is 0. The number of hydrogen-bond acceptors (Lipinski definition) is 3. The van der Waals surface area contributed by atoms with Crippen molar-refractivity contribution < 1.29 is 14.3 Å². The van der Waals surface area contributed by atoms with Gasteiger partial charge in [0.2, 0.25) is 5.91 Å². The molecule has 0 radical (unpaired) electrons. The minimum atomic E-state index is -0.325. The molecule has 1 N–H and O–H groups in total. The molecule has 0 spiro atoms. The van der Waals surface area contributed by atoms with E-state index in [4.69, 9.17) is 4.74 Å². The van der Waals surface area contributed by atoms with Crippen molar-refractivity contribution in [3.63, 3.8) is 0 Å². The van der Waals surface area contributed by atoms with E-state index in [0.29, 0.717) is 13.2 Å². The minimum absolute atomic E-state index is 0.0774. The van der Waals surface area contributed by atoms with Gasteiger partial charge in [-0.05, 0) is 56.2 Å². The smallest absolute Gasteiger partial charge is 0.414 e. The molecule has 6 heteroatoms. The lowest BCUT2D eigenvalue weighted by Gasteiger charge is -2.17. The number of amides is 2. The molecule has 1 atom stereocenters. The molecule has 0 bridgehead atoms. The van der Waals surface area contributed by atoms with Crippen LogP contribution < -0.4 is 10.2 Å². The maximum atomic E-state index is 12.4. The molecule has 0 saturated carbocycles. The molecule has 24 heavy (non-hydrogen) atoms. The molecule has 126 valence electrons. The van der Waals surface area contributed by atoms with Crippen molar-refractivity contribution in [2.45, 2.75) is 26.3 Å². The lowest BCUT2D eigenvalue weighted by atomic mass is 10.1. The third kappa shape index (κ3) is 3.13. The highest BCUT2D eigenvalue weighted by molar-refractivity contribution is 5.95. The summed E-state index contributed by atoms with van der Waals surface area (Å²) in [5, 5.41) is 2.93. The SMILES string of the molecule is CCOC(=O)N1CCc2cc(NC(=O)[C@@H](C)n3cccc3)ccc21. The van der Waals surface area contributed by atoms with E-state index in [9.17, 15) is 9.59 Å². The van der Waals surface area contributed by atoms with Crippen LogP contribution in [0.4, 0.5) is 16.2 Å². The first-order valence-corrected chi connectivity index (χ1v) is 8.10. The molecule has 0 unspecified atom stereocenters. The highest BCUT2D eigenvalue weighted by atomic mass is 16.6. The van der Waals surface area contributed by atoms with Gasteiger partial charge in [0, 0.05) is 24.6 Å². The number of rotatable bonds is 4. The van der Waals surface area contributed by atoms with E-state index in [0.717, 1.165) is 23.4 Å². The van der Waals surface area contributed by atoms with Crippen molar-refractivity contribution in [3.8, 4) is 0 Å². The average Bonchev–Trinajstić information content (AvgIpc) is 3.23. The van der Waals surface area contributed by atoms with E-state index in [-0.39, 0.29) is 18.0 Å². The molecular weight excluding hydrogens is 306 g/mol. The number of fused-ring (bicyclic) bond motifs is 1. The summed E-state index contributed by atoms with van der Waals surface area (Å²) in [6.07, 6.45) is 4.16. The fourth-order valence-electron chi connectivity index (χ4n) is 2.86. The Hall–Kier alpha value is -2.76. The van der Waals surface area contributed by atoms with Crippen molar-refractivity contribution in [2.75, 3.05) is 23.4 Å². The normalized spacial score (nSPS) is 14.2. The standard InChI is InChI=1S/C18H21N3O3/c1-3-24-18(23)21-11-8-14-12-15(6-7-16(14)21)19-17(22)13(2)20-9-4-5-10-20/h4-7,9-10,12-13H,3,8,11H2,1-2H3,(H,19,22)/t13-/m1/s1. The Morgan fingerprint density at radius 2 is 2.04 bits per heavy atom. The van der Waals surface area contributed by atoms with Crippen molar-refractivity contribution in [1.29, 1.82) is 0 Å². The van der Waals surface area contributed by atoms with Crippen LogP contribution in [-0.4, -0.2) is 29.7 Å². The zero-order valence-corrected chi connectivity index (χ0v) is 13.9. The lowest BCUT2D eigenvalue weighted by Crippen LogP contribution is -2.29. The van der Waals surface area contributed by atoms with E-state index in [1.54, 1.807) is 11.8 Å². The summed E-state index contributed by atoms with van der Waals surface area (Å²) in [5.74, 6) is -0.0774. The summed E-state index contributed by atoms with van der Waals surface area (Å²) < 4.78 is 6.92. The molecular formula is C18H21N3O3. The third-order valence-electron chi connectivity index (χ3n) is 4.18. The topological polar surface area (TPSA) is 63.6 Å². The minimum Gasteiger partial charge on any atom is -0.449 e. The molecule has 2 aromatic rings. The quantitative estimate of drug-likeness (QED) is 0.938. The maximum Gasteiger partial charge on any atom is 0.414 e. The largest absolute Gasteiger partial charge is 0.449 e. The zero-order valence-electron chi connectivity index (χ0n) is 13.9. The molecule has 3 rings (SSSR count). The Labute approximate surface area is 141 Å². The number of carbonyl (C=O) groups excluding carboxylic acids is 2. The van der Waals surface area contributed by atoms with Crippen LogP contribution in [0.2, 0.25) is 0 Å². The van der Waals surface area contributed by atoms with E-state index in [2.05, 4.69) is 5.32 Å². The van der Waals surface area contributed by atoms with Crippen LogP contribution in [0.15, 0.2) is 42.7 Å². The van der Waals surface area contributed by atoms with Gasteiger partial charge in [-0.25, -0.2) is 4.79 Å². The first-order valence-electron chi connectivity index (χ1n) is 8.10. The monoisotopic (exact) mass is 327 g/mol. The van der Waals surface area contributed by atoms with Gasteiger partial charge in [0.1, 0.15) is 6.04 Å². The van der Waals surface area contributed by atoms with Gasteiger partial charge >= 0.3 is 6.09 Å². The summed E-state index contributed by atoms with van der Waals surface area (Å²) in [6, 6.07) is 9.09. The fraction of sp³-hybridized carbons (Fsp3) is 0.333. The molecule has 2 amide bonds. The Morgan fingerprint density at radius 1 is 1.29 bits per heavy atom. The second-order valence-corrected chi connectivity index (χ2v) is 5.74. The van der Waals surface area contributed by atoms with Gasteiger partial charge in [0.15, 0.2) is 0 Å². The Kier molecular flexibility index (Phi) is 4.55. The van der Waals surface area contributed by atoms with Crippen molar-refractivity contribution in [1.82, 2.24) is 4.57 Å². The summed E-state index contributed by atoms with van der Waals surface area (Å²) in [7, 11) is 0. The molecule has 1 aromatic carbocycles. The molecule has 6 nitrogen and oxygen atoms in total. The highest BCUT2D eigenvalue weighted by Gasteiger charge is 2.26. The van der Waals surface area contributed by atoms with Crippen LogP contribution in [0.1, 0.15) is 25.5 Å². The number of anilines is 2. The van der Waals surface area contributed by atoms with Crippen LogP contribution in [-0.2, 0) is 16.0 Å². The van der Waals surface area contributed by atoms with E-state index < -0.39 is 0 Å². The van der Waals surface area contributed by atoms with Crippen LogP contribution in [0.3, 0.4) is 0 Å². The fourth-order valence-corrected chi connectivity index (χ4v) is 2.86. The molecule has 1 aliphatic rings. The van der Waals surface area contributed by atoms with Gasteiger partial charge in [-0.1, -0.05) is 0 Å². The average molecular weight is 327 g/mol. The van der Waals surface area contributed by atoms with E-state index >= 15 is 0 Å². The zero-order chi connectivity index (χ0) is 17.1. The first-order chi connectivity index (χ1) is 11.6. The molecule has 0 saturated heterocycles. The van der Waals surface area contributed by atoms with Crippen LogP contribution in [0.25, 0.3) is 0 Å². The summed E-state index contributed by atoms with van der Waals surface area (Å²) in [5.41, 5.74) is 2.63. The maximum absolute atomic E-state index is 12.4. The number of nitrogens with one attached hydrogen (secondary N) is 1. The van der Waals surface area contributed by atoms with Crippen LogP contribution in [0.5, 0.6) is 0 Å². The lowest BCUT2D eigenvalue weighted by molar-refractivity contribution is -0.118. The predicted octanol–water partition coefficient (Wildman–Crippen LogP) is 3.21. The van der Waals surface area contributed by atoms with E-state index in [1.807, 2.05) is 54.2 Å². The number of nitrogens with zero attached hydrogens (tertiary/aromatic N) is 2. The van der Waals surface area contributed by atoms with Crippen LogP contribution >= 0.6 is 0 Å². The molecule has 0 fully saturated rings. The molecule has 1 aromatic heterocycles. The predicted molar refractivity (Wildman–Crippen MR) is 92.3 cm³/mol. The Morgan fingerprint density at radius 3 is 2.75 bits per heavy atom. The second kappa shape index (κ2) is 6.78. The van der Waals surface area contributed by atoms with E-state index in [1.165, 1.54) is 0 Å². The number of carbonyl (C=O) groups is 2. The van der Waals surface area contributed by atoms with Crippen molar-refractivity contribution in [2.24, 2.45) is 0 Å². The molecule has 2 heterocycles.